The second-order valence-corrected chi connectivity index (χ2v) is 4.05. The van der Waals surface area contributed by atoms with Crippen LogP contribution in [0, 0.1) is 0 Å². The van der Waals surface area contributed by atoms with Crippen molar-refractivity contribution in [3.8, 4) is 11.5 Å². The lowest BCUT2D eigenvalue weighted by molar-refractivity contribution is 0.261. The summed E-state index contributed by atoms with van der Waals surface area (Å²) < 4.78 is 10.6. The zero-order chi connectivity index (χ0) is 12.8. The van der Waals surface area contributed by atoms with Crippen LogP contribution < -0.4 is 15.2 Å². The summed E-state index contributed by atoms with van der Waals surface area (Å²) in [4.78, 5) is 2.20. The van der Waals surface area contributed by atoms with Gasteiger partial charge in [0, 0.05) is 30.8 Å². The molecular weight excluding hydrogens is 216 g/mol. The monoisotopic (exact) mass is 238 g/mol. The van der Waals surface area contributed by atoms with Gasteiger partial charge in [0.05, 0.1) is 14.2 Å². The molecule has 17 heavy (non-hydrogen) atoms. The molecule has 1 aromatic carbocycles. The van der Waals surface area contributed by atoms with Crippen molar-refractivity contribution in [2.45, 2.75) is 13.0 Å². The second-order valence-electron chi connectivity index (χ2n) is 4.05. The van der Waals surface area contributed by atoms with E-state index in [0.29, 0.717) is 6.54 Å². The van der Waals surface area contributed by atoms with E-state index in [1.807, 2.05) is 18.2 Å². The van der Waals surface area contributed by atoms with Gasteiger partial charge >= 0.3 is 0 Å². The van der Waals surface area contributed by atoms with Crippen LogP contribution in [0.1, 0.15) is 18.5 Å². The van der Waals surface area contributed by atoms with E-state index in [4.69, 9.17) is 15.2 Å². The second kappa shape index (κ2) is 6.47. The highest BCUT2D eigenvalue weighted by Gasteiger charge is 2.16. The quantitative estimate of drug-likeness (QED) is 0.818. The molecule has 0 spiro atoms. The summed E-state index contributed by atoms with van der Waals surface area (Å²) in [5.74, 6) is 1.65. The highest BCUT2D eigenvalue weighted by Crippen LogP contribution is 2.31. The summed E-state index contributed by atoms with van der Waals surface area (Å²) in [5.41, 5.74) is 6.71. The van der Waals surface area contributed by atoms with Crippen molar-refractivity contribution in [2.24, 2.45) is 5.73 Å². The molecule has 0 heterocycles. The molecule has 4 heteroatoms. The van der Waals surface area contributed by atoms with E-state index in [1.54, 1.807) is 14.2 Å². The van der Waals surface area contributed by atoms with Gasteiger partial charge in [-0.1, -0.05) is 6.07 Å². The van der Waals surface area contributed by atoms with E-state index in [0.717, 1.165) is 23.6 Å². The molecule has 4 nitrogen and oxygen atoms in total. The molecule has 0 bridgehead atoms. The molecule has 0 saturated carbocycles. The summed E-state index contributed by atoms with van der Waals surface area (Å²) in [5, 5.41) is 0. The van der Waals surface area contributed by atoms with Crippen molar-refractivity contribution < 1.29 is 9.47 Å². The van der Waals surface area contributed by atoms with Gasteiger partial charge < -0.3 is 15.2 Å². The van der Waals surface area contributed by atoms with Crippen molar-refractivity contribution in [3.05, 3.63) is 23.8 Å². The van der Waals surface area contributed by atoms with E-state index < -0.39 is 0 Å². The third-order valence-corrected chi connectivity index (χ3v) is 3.03. The molecule has 1 rings (SSSR count). The first-order chi connectivity index (χ1) is 8.13. The van der Waals surface area contributed by atoms with E-state index in [-0.39, 0.29) is 6.04 Å². The highest BCUT2D eigenvalue weighted by molar-refractivity contribution is 5.42. The molecule has 1 unspecified atom stereocenters. The lowest BCUT2D eigenvalue weighted by Crippen LogP contribution is -2.28. The third kappa shape index (κ3) is 3.35. The van der Waals surface area contributed by atoms with Gasteiger partial charge in [0.1, 0.15) is 11.5 Å². The van der Waals surface area contributed by atoms with Crippen LogP contribution >= 0.6 is 0 Å². The Bertz CT molecular complexity index is 355. The van der Waals surface area contributed by atoms with Gasteiger partial charge in [0.2, 0.25) is 0 Å². The van der Waals surface area contributed by atoms with Crippen molar-refractivity contribution in [1.82, 2.24) is 4.90 Å². The van der Waals surface area contributed by atoms with Crippen molar-refractivity contribution in [3.63, 3.8) is 0 Å². The summed E-state index contributed by atoms with van der Waals surface area (Å²) >= 11 is 0. The summed E-state index contributed by atoms with van der Waals surface area (Å²) in [6.45, 7) is 3.65. The largest absolute Gasteiger partial charge is 0.497 e. The standard InChI is InChI=1S/C13H22N2O2/c1-10(15(2)8-7-14)12-6-5-11(16-3)9-13(12)17-4/h5-6,9-10H,7-8,14H2,1-4H3. The molecule has 0 aliphatic rings. The number of methoxy groups -OCH3 is 2. The molecule has 0 radical (unpaired) electrons. The first-order valence-corrected chi connectivity index (χ1v) is 5.76. The fourth-order valence-electron chi connectivity index (χ4n) is 1.80. The van der Waals surface area contributed by atoms with Gasteiger partial charge in [-0.05, 0) is 20.0 Å². The molecule has 96 valence electrons. The van der Waals surface area contributed by atoms with Crippen molar-refractivity contribution >= 4 is 0 Å². The average Bonchev–Trinajstić information content (AvgIpc) is 2.37. The van der Waals surface area contributed by atoms with E-state index in [9.17, 15) is 0 Å². The molecule has 0 aromatic heterocycles. The maximum atomic E-state index is 5.57. The topological polar surface area (TPSA) is 47.7 Å². The Labute approximate surface area is 103 Å². The maximum absolute atomic E-state index is 5.57. The molecule has 0 aliphatic carbocycles. The van der Waals surface area contributed by atoms with Gasteiger partial charge in [-0.3, -0.25) is 4.90 Å². The van der Waals surface area contributed by atoms with Gasteiger partial charge in [-0.2, -0.15) is 0 Å². The van der Waals surface area contributed by atoms with Crippen molar-refractivity contribution in [1.29, 1.82) is 0 Å². The molecular formula is C13H22N2O2. The van der Waals surface area contributed by atoms with Crippen LogP contribution in [0.25, 0.3) is 0 Å². The number of nitrogens with two attached hydrogens (primary N) is 1. The Hall–Kier alpha value is -1.26. The molecule has 0 fully saturated rings. The summed E-state index contributed by atoms with van der Waals surface area (Å²) in [6, 6.07) is 6.15. The SMILES string of the molecule is COc1ccc(C(C)N(C)CCN)c(OC)c1. The molecule has 2 N–H and O–H groups in total. The fraction of sp³-hybridized carbons (Fsp3) is 0.538. The smallest absolute Gasteiger partial charge is 0.127 e. The van der Waals surface area contributed by atoms with Crippen molar-refractivity contribution in [2.75, 3.05) is 34.4 Å². The predicted molar refractivity (Wildman–Crippen MR) is 69.6 cm³/mol. The Morgan fingerprint density at radius 1 is 1.29 bits per heavy atom. The zero-order valence-corrected chi connectivity index (χ0v) is 11.1. The molecule has 0 aliphatic heterocycles. The van der Waals surface area contributed by atoms with Gasteiger partial charge in [-0.15, -0.1) is 0 Å². The van der Waals surface area contributed by atoms with Gasteiger partial charge in [-0.25, -0.2) is 0 Å². The van der Waals surface area contributed by atoms with E-state index in [1.165, 1.54) is 0 Å². The predicted octanol–water partition coefficient (Wildman–Crippen LogP) is 1.66. The average molecular weight is 238 g/mol. The Morgan fingerprint density at radius 2 is 2.00 bits per heavy atom. The minimum absolute atomic E-state index is 0.263. The summed E-state index contributed by atoms with van der Waals surface area (Å²) in [6.07, 6.45) is 0. The van der Waals surface area contributed by atoms with Gasteiger partial charge in [0.25, 0.3) is 0 Å². The van der Waals surface area contributed by atoms with Crippen LogP contribution in [-0.2, 0) is 0 Å². The lowest BCUT2D eigenvalue weighted by Gasteiger charge is -2.26. The van der Waals surface area contributed by atoms with Crippen LogP contribution in [0.3, 0.4) is 0 Å². The Balaban J connectivity index is 2.96. The molecule has 1 aromatic rings. The van der Waals surface area contributed by atoms with Crippen LogP contribution in [0.5, 0.6) is 11.5 Å². The number of rotatable bonds is 6. The number of likely N-dealkylation sites (N-methyl/N-ethyl adjacent to an activating group) is 1. The van der Waals surface area contributed by atoms with E-state index >= 15 is 0 Å². The lowest BCUT2D eigenvalue weighted by atomic mass is 10.1. The van der Waals surface area contributed by atoms with Gasteiger partial charge in [0.15, 0.2) is 0 Å². The van der Waals surface area contributed by atoms with Crippen LogP contribution in [0.4, 0.5) is 0 Å². The number of hydrogen-bond donors (Lipinski definition) is 1. The third-order valence-electron chi connectivity index (χ3n) is 3.03. The van der Waals surface area contributed by atoms with Crippen LogP contribution in [0.15, 0.2) is 18.2 Å². The number of benzene rings is 1. The van der Waals surface area contributed by atoms with Crippen LogP contribution in [0.2, 0.25) is 0 Å². The summed E-state index contributed by atoms with van der Waals surface area (Å²) in [7, 11) is 5.38. The number of ether oxygens (including phenoxy) is 2. The van der Waals surface area contributed by atoms with Crippen LogP contribution in [-0.4, -0.2) is 39.3 Å². The first kappa shape index (κ1) is 13.8. The minimum Gasteiger partial charge on any atom is -0.497 e. The maximum Gasteiger partial charge on any atom is 0.127 e. The Kier molecular flexibility index (Phi) is 5.25. The Morgan fingerprint density at radius 3 is 2.53 bits per heavy atom. The normalized spacial score (nSPS) is 12.6. The zero-order valence-electron chi connectivity index (χ0n) is 11.1. The highest BCUT2D eigenvalue weighted by atomic mass is 16.5. The fourth-order valence-corrected chi connectivity index (χ4v) is 1.80. The molecule has 0 amide bonds. The first-order valence-electron chi connectivity index (χ1n) is 5.76. The molecule has 0 saturated heterocycles. The minimum atomic E-state index is 0.263. The molecule has 1 atom stereocenters. The van der Waals surface area contributed by atoms with E-state index in [2.05, 4.69) is 18.9 Å². The number of hydrogen-bond acceptors (Lipinski definition) is 4. The number of nitrogens with zero attached hydrogens (tertiary/aromatic N) is 1.